The van der Waals surface area contributed by atoms with Crippen LogP contribution >= 0.6 is 11.3 Å². The maximum absolute atomic E-state index is 4.59. The number of fused-ring (bicyclic) bond motifs is 2. The number of anilines is 1. The van der Waals surface area contributed by atoms with Crippen molar-refractivity contribution in [3.8, 4) is 0 Å². The van der Waals surface area contributed by atoms with Crippen LogP contribution in [-0.4, -0.2) is 26.1 Å². The molecule has 0 fully saturated rings. The zero-order valence-corrected chi connectivity index (χ0v) is 13.0. The molecule has 0 aliphatic heterocycles. The van der Waals surface area contributed by atoms with Crippen molar-refractivity contribution >= 4 is 38.4 Å². The lowest BCUT2D eigenvalue weighted by atomic mass is 10.3. The summed E-state index contributed by atoms with van der Waals surface area (Å²) in [5, 5.41) is 5.45. The van der Waals surface area contributed by atoms with Crippen molar-refractivity contribution < 1.29 is 0 Å². The Morgan fingerprint density at radius 1 is 1.14 bits per heavy atom. The lowest BCUT2D eigenvalue weighted by molar-refractivity contribution is 0.720. The molecule has 4 rings (SSSR count). The zero-order chi connectivity index (χ0) is 14.9. The van der Waals surface area contributed by atoms with Crippen LogP contribution in [0.2, 0.25) is 0 Å². The van der Waals surface area contributed by atoms with Crippen LogP contribution in [-0.2, 0) is 6.54 Å². The molecule has 0 unspecified atom stereocenters. The highest BCUT2D eigenvalue weighted by Gasteiger charge is 2.07. The van der Waals surface area contributed by atoms with E-state index in [4.69, 9.17) is 0 Å². The van der Waals surface area contributed by atoms with Crippen LogP contribution in [0.4, 0.5) is 5.82 Å². The number of rotatable bonds is 4. The predicted molar refractivity (Wildman–Crippen MR) is 90.4 cm³/mol. The second-order valence-corrected chi connectivity index (χ2v) is 6.00. The summed E-state index contributed by atoms with van der Waals surface area (Å²) >= 11 is 1.66. The van der Waals surface area contributed by atoms with Gasteiger partial charge < -0.3 is 9.88 Å². The SMILES string of the molecule is Cc1nc2ccccc2n1CCNc1ncnc2ccsc12. The molecule has 4 aromatic rings. The number of nitrogens with one attached hydrogen (secondary N) is 1. The standard InChI is InChI=1S/C16H15N5S/c1-11-20-12-4-2-3-5-14(12)21(11)8-7-17-16-15-13(6-9-22-15)18-10-19-16/h2-6,9-10H,7-8H2,1H3,(H,17,18,19). The largest absolute Gasteiger partial charge is 0.367 e. The number of hydrogen-bond donors (Lipinski definition) is 1. The van der Waals surface area contributed by atoms with Crippen LogP contribution in [0, 0.1) is 6.92 Å². The Morgan fingerprint density at radius 3 is 3.00 bits per heavy atom. The third kappa shape index (κ3) is 2.21. The van der Waals surface area contributed by atoms with Crippen molar-refractivity contribution in [2.75, 3.05) is 11.9 Å². The third-order valence-corrected chi connectivity index (χ3v) is 4.63. The Morgan fingerprint density at radius 2 is 2.05 bits per heavy atom. The maximum Gasteiger partial charge on any atom is 0.147 e. The summed E-state index contributed by atoms with van der Waals surface area (Å²) in [5.41, 5.74) is 3.21. The third-order valence-electron chi connectivity index (χ3n) is 3.72. The summed E-state index contributed by atoms with van der Waals surface area (Å²) in [6.45, 7) is 3.69. The van der Waals surface area contributed by atoms with E-state index in [2.05, 4.69) is 30.9 Å². The summed E-state index contributed by atoms with van der Waals surface area (Å²) in [4.78, 5) is 13.2. The molecule has 0 atom stereocenters. The minimum Gasteiger partial charge on any atom is -0.367 e. The molecule has 1 N–H and O–H groups in total. The van der Waals surface area contributed by atoms with Crippen LogP contribution < -0.4 is 5.32 Å². The van der Waals surface area contributed by atoms with E-state index in [-0.39, 0.29) is 0 Å². The van der Waals surface area contributed by atoms with E-state index in [1.165, 1.54) is 5.52 Å². The van der Waals surface area contributed by atoms with Crippen molar-refractivity contribution in [2.24, 2.45) is 0 Å². The molecule has 0 radical (unpaired) electrons. The van der Waals surface area contributed by atoms with Crippen LogP contribution in [0.25, 0.3) is 21.3 Å². The molecule has 0 aliphatic carbocycles. The predicted octanol–water partition coefficient (Wildman–Crippen LogP) is 3.46. The molecule has 0 saturated carbocycles. The Balaban J connectivity index is 1.55. The van der Waals surface area contributed by atoms with Crippen molar-refractivity contribution in [1.29, 1.82) is 0 Å². The molecular weight excluding hydrogens is 294 g/mol. The average molecular weight is 309 g/mol. The van der Waals surface area contributed by atoms with Crippen LogP contribution in [0.5, 0.6) is 0 Å². The van der Waals surface area contributed by atoms with Crippen LogP contribution in [0.3, 0.4) is 0 Å². The van der Waals surface area contributed by atoms with Gasteiger partial charge in [-0.1, -0.05) is 12.1 Å². The summed E-state index contributed by atoms with van der Waals surface area (Å²) in [6, 6.07) is 10.2. The molecule has 1 aromatic carbocycles. The first-order valence-electron chi connectivity index (χ1n) is 7.17. The summed E-state index contributed by atoms with van der Waals surface area (Å²) in [6.07, 6.45) is 1.61. The Bertz CT molecular complexity index is 940. The van der Waals surface area contributed by atoms with Gasteiger partial charge in [0.2, 0.25) is 0 Å². The second kappa shape index (κ2) is 5.38. The quantitative estimate of drug-likeness (QED) is 0.627. The molecule has 3 heterocycles. The van der Waals surface area contributed by atoms with Gasteiger partial charge in [-0.05, 0) is 30.5 Å². The van der Waals surface area contributed by atoms with Gasteiger partial charge in [-0.15, -0.1) is 11.3 Å². The van der Waals surface area contributed by atoms with Gasteiger partial charge >= 0.3 is 0 Å². The molecule has 0 saturated heterocycles. The Labute approximate surface area is 131 Å². The lowest BCUT2D eigenvalue weighted by Gasteiger charge is -2.09. The fraction of sp³-hybridized carbons (Fsp3) is 0.188. The number of benzene rings is 1. The smallest absolute Gasteiger partial charge is 0.147 e. The zero-order valence-electron chi connectivity index (χ0n) is 12.2. The van der Waals surface area contributed by atoms with E-state index >= 15 is 0 Å². The van der Waals surface area contributed by atoms with Gasteiger partial charge in [0, 0.05) is 13.1 Å². The highest BCUT2D eigenvalue weighted by atomic mass is 32.1. The van der Waals surface area contributed by atoms with Crippen LogP contribution in [0.15, 0.2) is 42.0 Å². The number of thiophene rings is 1. The van der Waals surface area contributed by atoms with Gasteiger partial charge in [0.25, 0.3) is 0 Å². The summed E-state index contributed by atoms with van der Waals surface area (Å²) < 4.78 is 3.34. The summed E-state index contributed by atoms with van der Waals surface area (Å²) in [5.74, 6) is 1.94. The van der Waals surface area contributed by atoms with Gasteiger partial charge in [-0.2, -0.15) is 0 Å². The number of para-hydroxylation sites is 2. The molecule has 0 amide bonds. The highest BCUT2D eigenvalue weighted by molar-refractivity contribution is 7.17. The molecule has 6 heteroatoms. The van der Waals surface area contributed by atoms with E-state index in [0.717, 1.165) is 40.5 Å². The van der Waals surface area contributed by atoms with E-state index in [1.54, 1.807) is 17.7 Å². The second-order valence-electron chi connectivity index (χ2n) is 5.08. The monoisotopic (exact) mass is 309 g/mol. The van der Waals surface area contributed by atoms with Crippen LogP contribution in [0.1, 0.15) is 5.82 Å². The van der Waals surface area contributed by atoms with Crippen molar-refractivity contribution in [3.63, 3.8) is 0 Å². The summed E-state index contributed by atoms with van der Waals surface area (Å²) in [7, 11) is 0. The Hall–Kier alpha value is -2.47. The number of nitrogens with zero attached hydrogens (tertiary/aromatic N) is 4. The van der Waals surface area contributed by atoms with Crippen molar-refractivity contribution in [3.05, 3.63) is 47.9 Å². The van der Waals surface area contributed by atoms with Gasteiger partial charge in [0.15, 0.2) is 0 Å². The van der Waals surface area contributed by atoms with E-state index in [9.17, 15) is 0 Å². The first-order chi connectivity index (χ1) is 10.8. The first-order valence-corrected chi connectivity index (χ1v) is 8.05. The first kappa shape index (κ1) is 13.2. The molecule has 3 aromatic heterocycles. The fourth-order valence-corrected chi connectivity index (χ4v) is 3.49. The average Bonchev–Trinajstić information content (AvgIpc) is 3.12. The topological polar surface area (TPSA) is 55.6 Å². The molecule has 0 spiro atoms. The van der Waals surface area contributed by atoms with Crippen molar-refractivity contribution in [1.82, 2.24) is 19.5 Å². The minimum absolute atomic E-state index is 0.797. The van der Waals surface area contributed by atoms with Gasteiger partial charge in [-0.25, -0.2) is 15.0 Å². The number of imidazole rings is 1. The fourth-order valence-electron chi connectivity index (χ4n) is 2.68. The molecule has 110 valence electrons. The number of aryl methyl sites for hydroxylation is 1. The number of aromatic nitrogens is 4. The van der Waals surface area contributed by atoms with Gasteiger partial charge in [0.05, 0.1) is 21.3 Å². The molecule has 0 aliphatic rings. The Kier molecular flexibility index (Phi) is 3.23. The minimum atomic E-state index is 0.797. The maximum atomic E-state index is 4.59. The van der Waals surface area contributed by atoms with Gasteiger partial charge in [0.1, 0.15) is 18.0 Å². The van der Waals surface area contributed by atoms with Gasteiger partial charge in [-0.3, -0.25) is 0 Å². The molecular formula is C16H15N5S. The highest BCUT2D eigenvalue weighted by Crippen LogP contribution is 2.24. The van der Waals surface area contributed by atoms with E-state index < -0.39 is 0 Å². The molecule has 22 heavy (non-hydrogen) atoms. The lowest BCUT2D eigenvalue weighted by Crippen LogP contribution is -2.12. The van der Waals surface area contributed by atoms with E-state index in [1.807, 2.05) is 36.6 Å². The molecule has 5 nitrogen and oxygen atoms in total. The van der Waals surface area contributed by atoms with Crippen molar-refractivity contribution in [2.45, 2.75) is 13.5 Å². The molecule has 0 bridgehead atoms. The number of hydrogen-bond acceptors (Lipinski definition) is 5. The normalized spacial score (nSPS) is 11.3. The van der Waals surface area contributed by atoms with E-state index in [0.29, 0.717) is 0 Å².